The third-order valence-electron chi connectivity index (χ3n) is 3.51. The summed E-state index contributed by atoms with van der Waals surface area (Å²) >= 11 is 0. The molecule has 3 nitrogen and oxygen atoms in total. The van der Waals surface area contributed by atoms with Gasteiger partial charge >= 0.3 is 0 Å². The zero-order valence-corrected chi connectivity index (χ0v) is 11.5. The third kappa shape index (κ3) is 6.07. The van der Waals surface area contributed by atoms with Crippen LogP contribution in [0.5, 0.6) is 0 Å². The Morgan fingerprint density at radius 1 is 1.33 bits per heavy atom. The van der Waals surface area contributed by atoms with Gasteiger partial charge in [-0.15, -0.1) is 6.42 Å². The summed E-state index contributed by atoms with van der Waals surface area (Å²) in [4.78, 5) is 11.8. The molecule has 0 spiro atoms. The van der Waals surface area contributed by atoms with Crippen LogP contribution in [0.1, 0.15) is 58.3 Å². The molecule has 1 rings (SSSR count). The normalized spacial score (nSPS) is 18.7. The van der Waals surface area contributed by atoms with E-state index in [-0.39, 0.29) is 11.9 Å². The van der Waals surface area contributed by atoms with E-state index in [1.807, 2.05) is 0 Å². The van der Waals surface area contributed by atoms with Crippen LogP contribution in [-0.2, 0) is 4.79 Å². The highest BCUT2D eigenvalue weighted by atomic mass is 16.1. The lowest BCUT2D eigenvalue weighted by Gasteiger charge is -2.17. The van der Waals surface area contributed by atoms with Crippen LogP contribution in [0.4, 0.5) is 0 Å². The second-order valence-electron chi connectivity index (χ2n) is 5.14. The smallest absolute Gasteiger partial charge is 0.234 e. The standard InChI is InChI=1S/C15H26N2O/c1-3-9-13(4-2)16-12-15(18)17-14-10-7-5-6-8-11-14/h2,13-14,16H,3,5-12H2,1H3,(H,17,18). The SMILES string of the molecule is C#CC(CCC)NCC(=O)NC1CCCCCC1. The fourth-order valence-corrected chi connectivity index (χ4v) is 2.45. The Kier molecular flexibility index (Phi) is 7.52. The van der Waals surface area contributed by atoms with Crippen LogP contribution >= 0.6 is 0 Å². The van der Waals surface area contributed by atoms with E-state index in [1.165, 1.54) is 25.7 Å². The first-order valence-corrected chi connectivity index (χ1v) is 7.25. The van der Waals surface area contributed by atoms with Crippen molar-refractivity contribution in [3.05, 3.63) is 0 Å². The first-order chi connectivity index (χ1) is 8.76. The Bertz CT molecular complexity index is 275. The van der Waals surface area contributed by atoms with Gasteiger partial charge in [-0.2, -0.15) is 0 Å². The van der Waals surface area contributed by atoms with Gasteiger partial charge in [0.2, 0.25) is 5.91 Å². The number of hydrogen-bond acceptors (Lipinski definition) is 2. The maximum Gasteiger partial charge on any atom is 0.234 e. The third-order valence-corrected chi connectivity index (χ3v) is 3.51. The molecule has 1 aliphatic carbocycles. The molecule has 1 amide bonds. The van der Waals surface area contributed by atoms with Crippen LogP contribution in [0, 0.1) is 12.3 Å². The number of terminal acetylenes is 1. The quantitative estimate of drug-likeness (QED) is 0.560. The van der Waals surface area contributed by atoms with Gasteiger partial charge in [-0.25, -0.2) is 0 Å². The highest BCUT2D eigenvalue weighted by molar-refractivity contribution is 5.78. The lowest BCUT2D eigenvalue weighted by molar-refractivity contribution is -0.121. The highest BCUT2D eigenvalue weighted by Crippen LogP contribution is 2.16. The van der Waals surface area contributed by atoms with Crippen LogP contribution in [0.3, 0.4) is 0 Å². The fraction of sp³-hybridized carbons (Fsp3) is 0.800. The number of carbonyl (C=O) groups excluding carboxylic acids is 1. The van der Waals surface area contributed by atoms with Crippen molar-refractivity contribution in [3.63, 3.8) is 0 Å². The van der Waals surface area contributed by atoms with Crippen LogP contribution < -0.4 is 10.6 Å². The number of rotatable bonds is 6. The second-order valence-corrected chi connectivity index (χ2v) is 5.14. The van der Waals surface area contributed by atoms with Crippen LogP contribution in [0.25, 0.3) is 0 Å². The van der Waals surface area contributed by atoms with E-state index in [4.69, 9.17) is 6.42 Å². The van der Waals surface area contributed by atoms with Crippen LogP contribution in [0.2, 0.25) is 0 Å². The van der Waals surface area contributed by atoms with E-state index >= 15 is 0 Å². The molecule has 0 radical (unpaired) electrons. The molecular formula is C15H26N2O. The van der Waals surface area contributed by atoms with E-state index in [1.54, 1.807) is 0 Å². The molecule has 0 heterocycles. The zero-order valence-electron chi connectivity index (χ0n) is 11.5. The molecule has 0 aromatic heterocycles. The molecule has 1 unspecified atom stereocenters. The monoisotopic (exact) mass is 250 g/mol. The number of nitrogens with one attached hydrogen (secondary N) is 2. The number of amides is 1. The Labute approximate surface area is 111 Å². The predicted octanol–water partition coefficient (Wildman–Crippen LogP) is 2.22. The Balaban J connectivity index is 2.21. The molecule has 0 aliphatic heterocycles. The molecule has 0 aromatic rings. The summed E-state index contributed by atoms with van der Waals surface area (Å²) in [7, 11) is 0. The first-order valence-electron chi connectivity index (χ1n) is 7.25. The average molecular weight is 250 g/mol. The van der Waals surface area contributed by atoms with E-state index in [0.29, 0.717) is 12.6 Å². The van der Waals surface area contributed by atoms with E-state index < -0.39 is 0 Å². The van der Waals surface area contributed by atoms with Gasteiger partial charge in [0.1, 0.15) is 0 Å². The first kappa shape index (κ1) is 15.0. The lowest BCUT2D eigenvalue weighted by atomic mass is 10.1. The van der Waals surface area contributed by atoms with Crippen LogP contribution in [0.15, 0.2) is 0 Å². The van der Waals surface area contributed by atoms with Crippen LogP contribution in [-0.4, -0.2) is 24.5 Å². The van der Waals surface area contributed by atoms with Crippen molar-refractivity contribution in [1.29, 1.82) is 0 Å². The van der Waals surface area contributed by atoms with Crippen molar-refractivity contribution >= 4 is 5.91 Å². The van der Waals surface area contributed by atoms with Crippen molar-refractivity contribution < 1.29 is 4.79 Å². The Morgan fingerprint density at radius 3 is 2.56 bits per heavy atom. The molecule has 0 aromatic carbocycles. The van der Waals surface area contributed by atoms with Gasteiger partial charge in [-0.3, -0.25) is 10.1 Å². The van der Waals surface area contributed by atoms with Gasteiger partial charge in [0.15, 0.2) is 0 Å². The predicted molar refractivity (Wildman–Crippen MR) is 75.2 cm³/mol. The fourth-order valence-electron chi connectivity index (χ4n) is 2.45. The van der Waals surface area contributed by atoms with Gasteiger partial charge < -0.3 is 5.32 Å². The minimum atomic E-state index is 0.0230. The minimum Gasteiger partial charge on any atom is -0.352 e. The molecule has 1 fully saturated rings. The van der Waals surface area contributed by atoms with Gasteiger partial charge in [0.05, 0.1) is 12.6 Å². The van der Waals surface area contributed by atoms with Crippen molar-refractivity contribution in [2.45, 2.75) is 70.4 Å². The summed E-state index contributed by atoms with van der Waals surface area (Å²) < 4.78 is 0. The zero-order chi connectivity index (χ0) is 13.2. The van der Waals surface area contributed by atoms with Gasteiger partial charge in [-0.05, 0) is 19.3 Å². The largest absolute Gasteiger partial charge is 0.352 e. The van der Waals surface area contributed by atoms with Crippen molar-refractivity contribution in [2.75, 3.05) is 6.54 Å². The summed E-state index contributed by atoms with van der Waals surface area (Å²) in [5, 5.41) is 6.24. The molecule has 18 heavy (non-hydrogen) atoms. The summed E-state index contributed by atoms with van der Waals surface area (Å²) in [5.41, 5.74) is 0. The summed E-state index contributed by atoms with van der Waals surface area (Å²) in [6.07, 6.45) is 14.7. The van der Waals surface area contributed by atoms with E-state index in [9.17, 15) is 4.79 Å². The van der Waals surface area contributed by atoms with Crippen molar-refractivity contribution in [1.82, 2.24) is 10.6 Å². The highest BCUT2D eigenvalue weighted by Gasteiger charge is 2.15. The van der Waals surface area contributed by atoms with E-state index in [0.717, 1.165) is 25.7 Å². The minimum absolute atomic E-state index is 0.0230. The molecule has 1 aliphatic rings. The molecule has 2 N–H and O–H groups in total. The summed E-state index contributed by atoms with van der Waals surface area (Å²) in [5.74, 6) is 2.76. The second kappa shape index (κ2) is 8.99. The van der Waals surface area contributed by atoms with E-state index in [2.05, 4.69) is 23.5 Å². The topological polar surface area (TPSA) is 41.1 Å². The molecular weight excluding hydrogens is 224 g/mol. The summed E-state index contributed by atoms with van der Waals surface area (Å²) in [6.45, 7) is 2.43. The van der Waals surface area contributed by atoms with Gasteiger partial charge in [-0.1, -0.05) is 44.9 Å². The molecule has 1 atom stereocenters. The average Bonchev–Trinajstić information content (AvgIpc) is 2.63. The Hall–Kier alpha value is -1.01. The maximum absolute atomic E-state index is 11.8. The van der Waals surface area contributed by atoms with Crippen molar-refractivity contribution in [3.8, 4) is 12.3 Å². The Morgan fingerprint density at radius 2 is 2.00 bits per heavy atom. The molecule has 0 saturated heterocycles. The van der Waals surface area contributed by atoms with Gasteiger partial charge in [0, 0.05) is 6.04 Å². The summed E-state index contributed by atoms with van der Waals surface area (Å²) in [6, 6.07) is 0.396. The number of carbonyl (C=O) groups is 1. The molecule has 1 saturated carbocycles. The number of hydrogen-bond donors (Lipinski definition) is 2. The molecule has 3 heteroatoms. The van der Waals surface area contributed by atoms with Gasteiger partial charge in [0.25, 0.3) is 0 Å². The molecule has 102 valence electrons. The van der Waals surface area contributed by atoms with Crippen molar-refractivity contribution in [2.24, 2.45) is 0 Å². The molecule has 0 bridgehead atoms. The maximum atomic E-state index is 11.8. The lowest BCUT2D eigenvalue weighted by Crippen LogP contribution is -2.42.